The van der Waals surface area contributed by atoms with E-state index in [1.165, 1.54) is 11.6 Å². The summed E-state index contributed by atoms with van der Waals surface area (Å²) in [5, 5.41) is 9.14. The first-order valence-electron chi connectivity index (χ1n) is 8.03. The second kappa shape index (κ2) is 7.39. The van der Waals surface area contributed by atoms with Gasteiger partial charge < -0.3 is 14.6 Å². The minimum atomic E-state index is -0.964. The molecule has 0 saturated carbocycles. The second-order valence-electron chi connectivity index (χ2n) is 6.62. The van der Waals surface area contributed by atoms with Crippen molar-refractivity contribution in [1.29, 1.82) is 0 Å². The Morgan fingerprint density at radius 1 is 1.04 bits per heavy atom. The predicted octanol–water partition coefficient (Wildman–Crippen LogP) is 4.66. The van der Waals surface area contributed by atoms with Crippen molar-refractivity contribution in [2.24, 2.45) is 0 Å². The van der Waals surface area contributed by atoms with Gasteiger partial charge in [0.2, 0.25) is 0 Å². The topological polar surface area (TPSA) is 55.8 Å². The fourth-order valence-corrected chi connectivity index (χ4v) is 2.33. The van der Waals surface area contributed by atoms with Crippen LogP contribution in [0.5, 0.6) is 11.5 Å². The van der Waals surface area contributed by atoms with Crippen molar-refractivity contribution in [2.45, 2.75) is 39.7 Å². The molecule has 0 atom stereocenters. The Bertz CT molecular complexity index is 697. The molecule has 4 heteroatoms. The first-order chi connectivity index (χ1) is 11.3. The average molecular weight is 328 g/mol. The third kappa shape index (κ3) is 4.51. The summed E-state index contributed by atoms with van der Waals surface area (Å²) >= 11 is 0. The van der Waals surface area contributed by atoms with Gasteiger partial charge in [-0.2, -0.15) is 0 Å². The zero-order valence-electron chi connectivity index (χ0n) is 14.6. The van der Waals surface area contributed by atoms with Gasteiger partial charge in [0, 0.05) is 5.56 Å². The van der Waals surface area contributed by atoms with Gasteiger partial charge in [0.15, 0.2) is 0 Å². The molecule has 2 aromatic rings. The molecule has 0 radical (unpaired) electrons. The largest absolute Gasteiger partial charge is 0.493 e. The van der Waals surface area contributed by atoms with Crippen molar-refractivity contribution < 1.29 is 19.4 Å². The Morgan fingerprint density at radius 3 is 2.25 bits per heavy atom. The Hall–Kier alpha value is -2.49. The molecule has 0 aliphatic rings. The first-order valence-corrected chi connectivity index (χ1v) is 8.03. The Labute approximate surface area is 143 Å². The molecule has 0 unspecified atom stereocenters. The lowest BCUT2D eigenvalue weighted by atomic mass is 9.87. The van der Waals surface area contributed by atoms with Crippen molar-refractivity contribution in [1.82, 2.24) is 0 Å². The van der Waals surface area contributed by atoms with Crippen LogP contribution in [0.3, 0.4) is 0 Å². The summed E-state index contributed by atoms with van der Waals surface area (Å²) in [7, 11) is 0. The second-order valence-corrected chi connectivity index (χ2v) is 6.62. The van der Waals surface area contributed by atoms with E-state index in [1.54, 1.807) is 12.1 Å². The van der Waals surface area contributed by atoms with Gasteiger partial charge in [-0.3, -0.25) is 0 Å². The van der Waals surface area contributed by atoms with Crippen LogP contribution in [0.4, 0.5) is 0 Å². The van der Waals surface area contributed by atoms with Gasteiger partial charge in [0.05, 0.1) is 12.2 Å². The smallest absolute Gasteiger partial charge is 0.335 e. The summed E-state index contributed by atoms with van der Waals surface area (Å²) < 4.78 is 11.4. The molecule has 0 spiro atoms. The van der Waals surface area contributed by atoms with Gasteiger partial charge in [0.25, 0.3) is 0 Å². The fourth-order valence-electron chi connectivity index (χ4n) is 2.33. The maximum Gasteiger partial charge on any atom is 0.335 e. The number of carbonyl (C=O) groups is 1. The van der Waals surface area contributed by atoms with Gasteiger partial charge in [-0.1, -0.05) is 32.9 Å². The number of hydrogen-bond donors (Lipinski definition) is 1. The van der Waals surface area contributed by atoms with E-state index in [0.717, 1.165) is 11.3 Å². The summed E-state index contributed by atoms with van der Waals surface area (Å²) in [5.74, 6) is 0.425. The van der Waals surface area contributed by atoms with Crippen LogP contribution in [0.25, 0.3) is 0 Å². The van der Waals surface area contributed by atoms with Gasteiger partial charge in [0.1, 0.15) is 18.1 Å². The highest BCUT2D eigenvalue weighted by molar-refractivity contribution is 5.88. The van der Waals surface area contributed by atoms with Gasteiger partial charge in [-0.05, 0) is 48.2 Å². The molecule has 1 N–H and O–H groups in total. The van der Waals surface area contributed by atoms with Gasteiger partial charge in [-0.15, -0.1) is 0 Å². The lowest BCUT2D eigenvalue weighted by Gasteiger charge is -2.19. The molecular weight excluding hydrogens is 304 g/mol. The standard InChI is InChI=1S/C20H24O4/c1-5-23-18-11-6-14(19(21)22)12-15(18)13-24-17-9-7-16(8-10-17)20(2,3)4/h6-12H,5,13H2,1-4H3,(H,21,22). The summed E-state index contributed by atoms with van der Waals surface area (Å²) in [6, 6.07) is 12.8. The molecule has 0 aliphatic heterocycles. The van der Waals surface area contributed by atoms with Gasteiger partial charge >= 0.3 is 5.97 Å². The van der Waals surface area contributed by atoms with E-state index in [1.807, 2.05) is 31.2 Å². The Morgan fingerprint density at radius 2 is 1.71 bits per heavy atom. The normalized spacial score (nSPS) is 11.2. The van der Waals surface area contributed by atoms with Crippen LogP contribution in [0, 0.1) is 0 Å². The maximum atomic E-state index is 11.1. The number of rotatable bonds is 6. The molecule has 0 amide bonds. The zero-order valence-corrected chi connectivity index (χ0v) is 14.6. The number of carboxylic acids is 1. The van der Waals surface area contributed by atoms with E-state index >= 15 is 0 Å². The van der Waals surface area contributed by atoms with Crippen molar-refractivity contribution in [3.05, 3.63) is 59.2 Å². The van der Waals surface area contributed by atoms with Crippen LogP contribution < -0.4 is 9.47 Å². The minimum Gasteiger partial charge on any atom is -0.493 e. The number of hydrogen-bond acceptors (Lipinski definition) is 3. The van der Waals surface area contributed by atoms with E-state index in [4.69, 9.17) is 14.6 Å². The van der Waals surface area contributed by atoms with E-state index in [-0.39, 0.29) is 17.6 Å². The van der Waals surface area contributed by atoms with Gasteiger partial charge in [-0.25, -0.2) is 4.79 Å². The third-order valence-electron chi connectivity index (χ3n) is 3.72. The number of aromatic carboxylic acids is 1. The first kappa shape index (κ1) is 17.9. The van der Waals surface area contributed by atoms with E-state index < -0.39 is 5.97 Å². The molecule has 0 aliphatic carbocycles. The number of carboxylic acid groups (broad SMARTS) is 1. The van der Waals surface area contributed by atoms with E-state index in [2.05, 4.69) is 20.8 Å². The molecule has 0 heterocycles. The quantitative estimate of drug-likeness (QED) is 0.838. The van der Waals surface area contributed by atoms with Crippen molar-refractivity contribution >= 4 is 5.97 Å². The fraction of sp³-hybridized carbons (Fsp3) is 0.350. The molecule has 0 bridgehead atoms. The highest BCUT2D eigenvalue weighted by Crippen LogP contribution is 2.26. The Balaban J connectivity index is 2.15. The molecule has 0 fully saturated rings. The van der Waals surface area contributed by atoms with Crippen LogP contribution in [-0.4, -0.2) is 17.7 Å². The van der Waals surface area contributed by atoms with Crippen LogP contribution in [0.2, 0.25) is 0 Å². The third-order valence-corrected chi connectivity index (χ3v) is 3.72. The lowest BCUT2D eigenvalue weighted by Crippen LogP contribution is -2.10. The molecule has 128 valence electrons. The Kier molecular flexibility index (Phi) is 5.50. The highest BCUT2D eigenvalue weighted by Gasteiger charge is 2.14. The van der Waals surface area contributed by atoms with Crippen LogP contribution >= 0.6 is 0 Å². The molecule has 2 rings (SSSR count). The predicted molar refractivity (Wildman–Crippen MR) is 94.0 cm³/mol. The summed E-state index contributed by atoms with van der Waals surface area (Å²) in [6.07, 6.45) is 0. The molecular formula is C20H24O4. The van der Waals surface area contributed by atoms with Crippen molar-refractivity contribution in [3.8, 4) is 11.5 Å². The van der Waals surface area contributed by atoms with E-state index in [9.17, 15) is 4.79 Å². The average Bonchev–Trinajstić information content (AvgIpc) is 2.53. The van der Waals surface area contributed by atoms with Crippen LogP contribution in [0.15, 0.2) is 42.5 Å². The van der Waals surface area contributed by atoms with Crippen molar-refractivity contribution in [3.63, 3.8) is 0 Å². The minimum absolute atomic E-state index is 0.0937. The summed E-state index contributed by atoms with van der Waals surface area (Å²) in [5.41, 5.74) is 2.27. The monoisotopic (exact) mass is 328 g/mol. The zero-order chi connectivity index (χ0) is 17.7. The molecule has 0 aromatic heterocycles. The molecule has 4 nitrogen and oxygen atoms in total. The molecule has 24 heavy (non-hydrogen) atoms. The number of benzene rings is 2. The van der Waals surface area contributed by atoms with E-state index in [0.29, 0.717) is 12.4 Å². The summed E-state index contributed by atoms with van der Waals surface area (Å²) in [4.78, 5) is 11.1. The van der Waals surface area contributed by atoms with Crippen LogP contribution in [0.1, 0.15) is 49.2 Å². The SMILES string of the molecule is CCOc1ccc(C(=O)O)cc1COc1ccc(C(C)(C)C)cc1. The maximum absolute atomic E-state index is 11.1. The lowest BCUT2D eigenvalue weighted by molar-refractivity contribution is 0.0696. The van der Waals surface area contributed by atoms with Crippen LogP contribution in [-0.2, 0) is 12.0 Å². The van der Waals surface area contributed by atoms with Crippen molar-refractivity contribution in [2.75, 3.05) is 6.61 Å². The highest BCUT2D eigenvalue weighted by atomic mass is 16.5. The molecule has 2 aromatic carbocycles. The number of ether oxygens (including phenoxy) is 2. The summed E-state index contributed by atoms with van der Waals surface area (Å²) in [6.45, 7) is 9.14. The molecule has 0 saturated heterocycles.